The lowest BCUT2D eigenvalue weighted by atomic mass is 9.88. The van der Waals surface area contributed by atoms with E-state index >= 15 is 4.39 Å². The number of benzene rings is 3. The monoisotopic (exact) mass is 862 g/mol. The van der Waals surface area contributed by atoms with Gasteiger partial charge in [-0.2, -0.15) is 15.1 Å². The molecule has 4 saturated heterocycles. The van der Waals surface area contributed by atoms with Gasteiger partial charge in [0, 0.05) is 60.5 Å². The lowest BCUT2D eigenvalue weighted by Gasteiger charge is -2.36. The first-order valence-electron chi connectivity index (χ1n) is 22.4. The number of hydrogen-bond acceptors (Lipinski definition) is 12. The Hall–Kier alpha value is -5.54. The number of hydrogen-bond donors (Lipinski definition) is 0. The fourth-order valence-corrected chi connectivity index (χ4v) is 9.76. The molecule has 332 valence electrons. The van der Waals surface area contributed by atoms with Crippen molar-refractivity contribution in [1.29, 1.82) is 0 Å². The number of rotatable bonds is 10. The molecule has 1 saturated carbocycles. The van der Waals surface area contributed by atoms with Gasteiger partial charge in [0.2, 0.25) is 0 Å². The highest BCUT2D eigenvalue weighted by atomic mass is 19.1. The summed E-state index contributed by atoms with van der Waals surface area (Å²) >= 11 is 0. The van der Waals surface area contributed by atoms with Crippen LogP contribution in [0.5, 0.6) is 11.8 Å². The molecule has 2 aromatic heterocycles. The van der Waals surface area contributed by atoms with Crippen LogP contribution in [0.15, 0.2) is 42.6 Å². The molecule has 3 atom stereocenters. The van der Waals surface area contributed by atoms with Crippen LogP contribution in [0.3, 0.4) is 0 Å². The van der Waals surface area contributed by atoms with Gasteiger partial charge in [0.25, 0.3) is 0 Å². The Morgan fingerprint density at radius 3 is 2.40 bits per heavy atom. The number of aromatic nitrogens is 4. The Kier molecular flexibility index (Phi) is 10.9. The minimum atomic E-state index is -0.609. The van der Waals surface area contributed by atoms with E-state index in [4.69, 9.17) is 43.5 Å². The normalized spacial score (nSPS) is 21.7. The minimum absolute atomic E-state index is 0.0174. The summed E-state index contributed by atoms with van der Waals surface area (Å²) in [7, 11) is 1.36. The Bertz CT molecular complexity index is 2560. The van der Waals surface area contributed by atoms with Crippen molar-refractivity contribution in [3.8, 4) is 22.9 Å². The van der Waals surface area contributed by atoms with Crippen LogP contribution in [0.1, 0.15) is 111 Å². The Balaban J connectivity index is 1.16. The maximum Gasteiger partial charge on any atom is 0.410 e. The fourth-order valence-electron chi connectivity index (χ4n) is 9.76. The number of anilines is 1. The van der Waals surface area contributed by atoms with Gasteiger partial charge in [0.15, 0.2) is 12.0 Å². The summed E-state index contributed by atoms with van der Waals surface area (Å²) in [6.45, 7) is 10.4. The lowest BCUT2D eigenvalue weighted by molar-refractivity contribution is -0.0367. The molecule has 1 amide bonds. The van der Waals surface area contributed by atoms with Crippen molar-refractivity contribution >= 4 is 39.7 Å². The van der Waals surface area contributed by atoms with E-state index < -0.39 is 11.6 Å². The molecule has 15 heteroatoms. The van der Waals surface area contributed by atoms with Crippen molar-refractivity contribution in [2.45, 2.75) is 122 Å². The third-order valence-corrected chi connectivity index (χ3v) is 13.1. The summed E-state index contributed by atoms with van der Waals surface area (Å²) in [6, 6.07) is 11.0. The van der Waals surface area contributed by atoms with Crippen LogP contribution in [0.25, 0.3) is 32.9 Å². The number of piperazine rings is 1. The van der Waals surface area contributed by atoms with Crippen LogP contribution in [0, 0.1) is 12.7 Å². The maximum atomic E-state index is 16.6. The van der Waals surface area contributed by atoms with Crippen LogP contribution < -0.4 is 14.4 Å². The van der Waals surface area contributed by atoms with Crippen molar-refractivity contribution in [2.75, 3.05) is 44.9 Å². The van der Waals surface area contributed by atoms with Gasteiger partial charge >= 0.3 is 18.1 Å². The first-order chi connectivity index (χ1) is 30.4. The molecule has 1 unspecified atom stereocenters. The summed E-state index contributed by atoms with van der Waals surface area (Å²) in [6.07, 6.45) is 7.92. The molecule has 6 heterocycles. The van der Waals surface area contributed by atoms with Gasteiger partial charge in [-0.1, -0.05) is 12.1 Å². The van der Waals surface area contributed by atoms with Crippen molar-refractivity contribution in [3.63, 3.8) is 0 Å². The Labute approximate surface area is 365 Å². The number of nitrogens with zero attached hydrogens (tertiary/aromatic N) is 6. The summed E-state index contributed by atoms with van der Waals surface area (Å²) in [5.74, 6) is 0.606. The smallest absolute Gasteiger partial charge is 0.410 e. The van der Waals surface area contributed by atoms with Crippen LogP contribution >= 0.6 is 0 Å². The summed E-state index contributed by atoms with van der Waals surface area (Å²) in [4.78, 5) is 40.3. The molecule has 5 fully saturated rings. The Morgan fingerprint density at radius 2 is 1.71 bits per heavy atom. The maximum absolute atomic E-state index is 16.6. The molecule has 0 spiro atoms. The number of methoxy groups -OCH3 is 1. The molecule has 5 aromatic rings. The van der Waals surface area contributed by atoms with E-state index in [1.807, 2.05) is 55.6 Å². The van der Waals surface area contributed by atoms with Crippen LogP contribution in [-0.4, -0.2) is 101 Å². The van der Waals surface area contributed by atoms with E-state index in [-0.39, 0.29) is 54.9 Å². The van der Waals surface area contributed by atoms with Gasteiger partial charge in [-0.15, -0.1) is 0 Å². The van der Waals surface area contributed by atoms with E-state index in [1.54, 1.807) is 18.2 Å². The van der Waals surface area contributed by atoms with Gasteiger partial charge in [0.05, 0.1) is 49.7 Å². The second-order valence-electron chi connectivity index (χ2n) is 18.6. The highest BCUT2D eigenvalue weighted by molar-refractivity contribution is 6.06. The van der Waals surface area contributed by atoms with Crippen molar-refractivity contribution in [1.82, 2.24) is 24.6 Å². The summed E-state index contributed by atoms with van der Waals surface area (Å²) in [5, 5.41) is 6.44. The number of carbonyl (C=O) groups excluding carboxylic acids is 2. The van der Waals surface area contributed by atoms with Gasteiger partial charge in [-0.05, 0) is 107 Å². The quantitative estimate of drug-likeness (QED) is 0.124. The molecular weight excluding hydrogens is 808 g/mol. The van der Waals surface area contributed by atoms with E-state index in [0.717, 1.165) is 66.0 Å². The zero-order chi connectivity index (χ0) is 43.6. The molecule has 14 nitrogen and oxygen atoms in total. The molecule has 3 aromatic carbocycles. The molecule has 10 rings (SSSR count). The number of halogens is 1. The van der Waals surface area contributed by atoms with E-state index in [0.29, 0.717) is 85.0 Å². The summed E-state index contributed by atoms with van der Waals surface area (Å²) in [5.41, 5.74) is 4.80. The minimum Gasteiger partial charge on any atom is -0.486 e. The molecule has 0 N–H and O–H groups in total. The molecule has 0 radical (unpaired) electrons. The van der Waals surface area contributed by atoms with E-state index in [1.165, 1.54) is 7.11 Å². The largest absolute Gasteiger partial charge is 0.486 e. The third-order valence-electron chi connectivity index (χ3n) is 13.1. The van der Waals surface area contributed by atoms with E-state index in [9.17, 15) is 9.59 Å². The van der Waals surface area contributed by atoms with Crippen LogP contribution in [0.4, 0.5) is 15.0 Å². The number of likely N-dealkylation sites (tertiary alicyclic amines) is 1. The van der Waals surface area contributed by atoms with Crippen molar-refractivity contribution < 1.29 is 42.4 Å². The predicted octanol–water partition coefficient (Wildman–Crippen LogP) is 8.79. The van der Waals surface area contributed by atoms with Gasteiger partial charge in [-0.25, -0.2) is 18.7 Å². The number of amides is 1. The second kappa shape index (κ2) is 16.5. The first-order valence-corrected chi connectivity index (χ1v) is 22.4. The average Bonchev–Trinajstić information content (AvgIpc) is 3.72. The topological polar surface area (TPSA) is 140 Å². The highest BCUT2D eigenvalue weighted by Gasteiger charge is 2.48. The summed E-state index contributed by atoms with van der Waals surface area (Å²) < 4.78 is 54.7. The number of carbonyl (C=O) groups is 2. The Morgan fingerprint density at radius 1 is 0.921 bits per heavy atom. The predicted molar refractivity (Wildman–Crippen MR) is 233 cm³/mol. The molecule has 63 heavy (non-hydrogen) atoms. The fraction of sp³-hybridized carbons (Fsp3) is 0.521. The zero-order valence-electron chi connectivity index (χ0n) is 36.7. The van der Waals surface area contributed by atoms with Crippen molar-refractivity contribution in [2.24, 2.45) is 0 Å². The molecule has 4 aliphatic heterocycles. The molecule has 5 aliphatic rings. The standard InChI is InChI=1S/C48H55FN6O8/c1-27-37(49)22-38-36(23-50-55(38)39-8-6-7-17-60-39)40(27)41-34(29-13-14-29)21-35-42(43(41)61-26-28-9-11-30(12-10-28)45(56)58-5)51-46(62-33-15-18-59-19-16-33)52-44(35)53-24-32-20-31(53)25-54(32)47(57)63-48(2,3)4/h9-12,21-23,29,31-33,39H,6-8,13-20,24-26H2,1-5H3/t31-,32-,39?/m0/s1. The number of fused-ring (bicyclic) bond motifs is 4. The van der Waals surface area contributed by atoms with Crippen LogP contribution in [0.2, 0.25) is 0 Å². The lowest BCUT2D eigenvalue weighted by Crippen LogP contribution is -2.50. The second-order valence-corrected chi connectivity index (χ2v) is 18.6. The molecule has 2 bridgehead atoms. The SMILES string of the molecule is COC(=O)c1ccc(COc2c(-c3c(C)c(F)cc4c3cnn4C3CCCCO3)c(C3CC3)cc3c(N4C[C@@H]5C[C@H]4CN5C(=O)OC(C)(C)C)nc(OC4CCOCC4)nc23)cc1. The average molecular weight is 863 g/mol. The zero-order valence-corrected chi connectivity index (χ0v) is 36.7. The van der Waals surface area contributed by atoms with Gasteiger partial charge in [-0.3, -0.25) is 0 Å². The number of ether oxygens (including phenoxy) is 6. The van der Waals surface area contributed by atoms with E-state index in [2.05, 4.69) is 11.0 Å². The molecular formula is C48H55FN6O8. The highest BCUT2D eigenvalue weighted by Crippen LogP contribution is 2.54. The van der Waals surface area contributed by atoms with Crippen LogP contribution in [-0.2, 0) is 25.6 Å². The number of esters is 1. The molecule has 1 aliphatic carbocycles. The third kappa shape index (κ3) is 8.02. The van der Waals surface area contributed by atoms with Gasteiger partial charge < -0.3 is 38.2 Å². The first kappa shape index (κ1) is 41.5. The van der Waals surface area contributed by atoms with Gasteiger partial charge in [0.1, 0.15) is 35.5 Å². The van der Waals surface area contributed by atoms with Crippen molar-refractivity contribution in [3.05, 3.63) is 70.7 Å².